The highest BCUT2D eigenvalue weighted by Gasteiger charge is 2.30. The molecule has 0 unspecified atom stereocenters. The molecule has 0 fully saturated rings. The summed E-state index contributed by atoms with van der Waals surface area (Å²) < 4.78 is 16.6. The Morgan fingerprint density at radius 2 is 1.67 bits per heavy atom. The lowest BCUT2D eigenvalue weighted by atomic mass is 9.95. The summed E-state index contributed by atoms with van der Waals surface area (Å²) in [7, 11) is 1.24. The van der Waals surface area contributed by atoms with Gasteiger partial charge in [0.05, 0.1) is 7.11 Å². The summed E-state index contributed by atoms with van der Waals surface area (Å²) in [6.45, 7) is 6.92. The number of halogens is 1. The Morgan fingerprint density at radius 3 is 2.36 bits per heavy atom. The maximum atomic E-state index is 13.5. The molecule has 3 aromatic carbocycles. The van der Waals surface area contributed by atoms with Gasteiger partial charge in [-0.15, -0.1) is 0 Å². The van der Waals surface area contributed by atoms with E-state index in [1.165, 1.54) is 14.0 Å². The molecule has 11 heteroatoms. The molecule has 3 atom stereocenters. The first-order valence-electron chi connectivity index (χ1n) is 14.6. The first-order valence-corrected chi connectivity index (χ1v) is 15.0. The maximum Gasteiger partial charge on any atom is 0.408 e. The van der Waals surface area contributed by atoms with E-state index in [4.69, 9.17) is 25.8 Å². The summed E-state index contributed by atoms with van der Waals surface area (Å²) in [6, 6.07) is 17.3. The zero-order chi connectivity index (χ0) is 32.7. The van der Waals surface area contributed by atoms with Gasteiger partial charge in [-0.1, -0.05) is 54.1 Å². The van der Waals surface area contributed by atoms with E-state index in [1.54, 1.807) is 32.9 Å². The quantitative estimate of drug-likeness (QED) is 0.345. The molecule has 3 N–H and O–H groups in total. The van der Waals surface area contributed by atoms with Crippen LogP contribution in [0.5, 0.6) is 5.75 Å². The van der Waals surface area contributed by atoms with Crippen LogP contribution in [-0.4, -0.2) is 54.7 Å². The fourth-order valence-electron chi connectivity index (χ4n) is 4.86. The van der Waals surface area contributed by atoms with Gasteiger partial charge in [0.1, 0.15) is 36.1 Å². The van der Waals surface area contributed by atoms with Crippen molar-refractivity contribution < 1.29 is 33.4 Å². The van der Waals surface area contributed by atoms with Crippen molar-refractivity contribution in [3.05, 3.63) is 88.4 Å². The molecular weight excluding hydrogens is 598 g/mol. The monoisotopic (exact) mass is 635 g/mol. The van der Waals surface area contributed by atoms with Crippen LogP contribution in [-0.2, 0) is 43.3 Å². The first-order chi connectivity index (χ1) is 21.3. The van der Waals surface area contributed by atoms with Crippen molar-refractivity contribution in [1.82, 2.24) is 16.0 Å². The molecule has 0 saturated heterocycles. The number of amides is 3. The van der Waals surface area contributed by atoms with Crippen LogP contribution in [0.3, 0.4) is 0 Å². The molecule has 1 aliphatic rings. The number of rotatable bonds is 5. The van der Waals surface area contributed by atoms with Crippen LogP contribution >= 0.6 is 11.6 Å². The van der Waals surface area contributed by atoms with Crippen molar-refractivity contribution >= 4 is 35.5 Å². The number of carbonyl (C=O) groups is 4. The molecule has 0 spiro atoms. The Bertz CT molecular complexity index is 1560. The number of methoxy groups -OCH3 is 1. The van der Waals surface area contributed by atoms with Crippen LogP contribution < -0.4 is 20.7 Å². The summed E-state index contributed by atoms with van der Waals surface area (Å²) in [4.78, 5) is 52.1. The molecule has 0 radical (unpaired) electrons. The second kappa shape index (κ2) is 14.5. The van der Waals surface area contributed by atoms with Crippen molar-refractivity contribution in [2.24, 2.45) is 0 Å². The normalized spacial score (nSPS) is 18.8. The summed E-state index contributed by atoms with van der Waals surface area (Å²) >= 11 is 6.61. The Hall–Kier alpha value is -4.57. The second-order valence-electron chi connectivity index (χ2n) is 11.9. The Kier molecular flexibility index (Phi) is 10.7. The van der Waals surface area contributed by atoms with Crippen LogP contribution in [0.2, 0.25) is 5.02 Å². The summed E-state index contributed by atoms with van der Waals surface area (Å²) in [5.74, 6) is -1.31. The van der Waals surface area contributed by atoms with Crippen LogP contribution in [0.15, 0.2) is 66.7 Å². The van der Waals surface area contributed by atoms with Crippen molar-refractivity contribution in [3.8, 4) is 16.9 Å². The molecule has 0 aliphatic carbocycles. The van der Waals surface area contributed by atoms with E-state index in [9.17, 15) is 19.2 Å². The Labute approximate surface area is 267 Å². The molecule has 0 aromatic heterocycles. The third kappa shape index (κ3) is 9.46. The fourth-order valence-corrected chi connectivity index (χ4v) is 5.11. The molecule has 1 heterocycles. The number of fused-ring (bicyclic) bond motifs is 5. The summed E-state index contributed by atoms with van der Waals surface area (Å²) in [6.07, 6.45) is -0.645. The largest absolute Gasteiger partial charge is 0.488 e. The van der Waals surface area contributed by atoms with E-state index < -0.39 is 47.6 Å². The van der Waals surface area contributed by atoms with Crippen molar-refractivity contribution in [3.63, 3.8) is 0 Å². The number of benzene rings is 3. The van der Waals surface area contributed by atoms with Gasteiger partial charge in [-0.3, -0.25) is 9.59 Å². The van der Waals surface area contributed by atoms with Gasteiger partial charge in [0, 0.05) is 23.4 Å². The molecule has 45 heavy (non-hydrogen) atoms. The number of ether oxygens (including phenoxy) is 3. The van der Waals surface area contributed by atoms with Gasteiger partial charge in [-0.25, -0.2) is 9.59 Å². The molecular formula is C34H38ClN3O7. The van der Waals surface area contributed by atoms with Gasteiger partial charge in [0.2, 0.25) is 11.8 Å². The predicted molar refractivity (Wildman–Crippen MR) is 170 cm³/mol. The lowest BCUT2D eigenvalue weighted by Gasteiger charge is -2.25. The van der Waals surface area contributed by atoms with Crippen LogP contribution in [0.4, 0.5) is 4.79 Å². The minimum atomic E-state index is -1.12. The Balaban J connectivity index is 1.80. The van der Waals surface area contributed by atoms with E-state index in [2.05, 4.69) is 16.0 Å². The number of carbonyl (C=O) groups excluding carboxylic acids is 4. The standard InChI is InChI=1S/C34H38ClN3O7/c1-20-30(39)37-28(32(41)43-5)16-22-11-12-29(44-19-21-9-7-6-8-10-21)26(15-22)24-13-23(14-25(35)18-24)17-27(31(40)36-20)38-33(42)45-34(2,3)4/h6-15,18,20,27-28H,16-17,19H2,1-5H3,(H,36,40)(H,37,39)(H,38,42)/t20-,27-,28-/m0/s1. The second-order valence-corrected chi connectivity index (χ2v) is 12.3. The van der Waals surface area contributed by atoms with Crippen LogP contribution in [0, 0.1) is 0 Å². The van der Waals surface area contributed by atoms with E-state index in [0.717, 1.165) is 11.1 Å². The van der Waals surface area contributed by atoms with Gasteiger partial charge >= 0.3 is 12.1 Å². The van der Waals surface area contributed by atoms with Crippen LogP contribution in [0.1, 0.15) is 44.4 Å². The average molecular weight is 636 g/mol. The summed E-state index contributed by atoms with van der Waals surface area (Å²) in [5.41, 5.74) is 2.92. The minimum absolute atomic E-state index is 0.0393. The van der Waals surface area contributed by atoms with Crippen molar-refractivity contribution in [2.75, 3.05) is 7.11 Å². The molecule has 238 valence electrons. The molecule has 3 amide bonds. The number of esters is 1. The van der Waals surface area contributed by atoms with E-state index >= 15 is 0 Å². The lowest BCUT2D eigenvalue weighted by molar-refractivity contribution is -0.145. The average Bonchev–Trinajstić information content (AvgIpc) is 2.98. The highest BCUT2D eigenvalue weighted by molar-refractivity contribution is 6.31. The number of hydrogen-bond acceptors (Lipinski definition) is 7. The van der Waals surface area contributed by atoms with Gasteiger partial charge in [0.15, 0.2) is 0 Å². The zero-order valence-electron chi connectivity index (χ0n) is 25.9. The molecule has 10 nitrogen and oxygen atoms in total. The molecule has 3 aromatic rings. The molecule has 1 aliphatic heterocycles. The van der Waals surface area contributed by atoms with E-state index in [1.807, 2.05) is 54.6 Å². The number of nitrogens with one attached hydrogen (secondary N) is 3. The molecule has 0 saturated carbocycles. The topological polar surface area (TPSA) is 132 Å². The highest BCUT2D eigenvalue weighted by Crippen LogP contribution is 2.35. The smallest absolute Gasteiger partial charge is 0.408 e. The number of alkyl carbamates (subject to hydrolysis) is 1. The van der Waals surface area contributed by atoms with Gasteiger partial charge in [0.25, 0.3) is 0 Å². The van der Waals surface area contributed by atoms with Crippen molar-refractivity contribution in [1.29, 1.82) is 0 Å². The Morgan fingerprint density at radius 1 is 0.933 bits per heavy atom. The van der Waals surface area contributed by atoms with Crippen molar-refractivity contribution in [2.45, 2.75) is 70.9 Å². The van der Waals surface area contributed by atoms with E-state index in [-0.39, 0.29) is 12.8 Å². The molecule has 4 bridgehead atoms. The van der Waals surface area contributed by atoms with Gasteiger partial charge < -0.3 is 30.2 Å². The van der Waals surface area contributed by atoms with Crippen LogP contribution in [0.25, 0.3) is 11.1 Å². The lowest BCUT2D eigenvalue weighted by Crippen LogP contribution is -2.56. The SMILES string of the molecule is COC(=O)[C@@H]1Cc2ccc(OCc3ccccc3)c(c2)-c2cc(Cl)cc(c2)C[C@H](NC(=O)OC(C)(C)C)C(=O)N[C@@H](C)C(=O)N1. The summed E-state index contributed by atoms with van der Waals surface area (Å²) in [5, 5.41) is 8.36. The third-order valence-corrected chi connectivity index (χ3v) is 7.21. The minimum Gasteiger partial charge on any atom is -0.488 e. The van der Waals surface area contributed by atoms with Gasteiger partial charge in [-0.05, 0) is 74.2 Å². The number of hydrogen-bond donors (Lipinski definition) is 3. The predicted octanol–water partition coefficient (Wildman–Crippen LogP) is 4.74. The zero-order valence-corrected chi connectivity index (χ0v) is 26.7. The van der Waals surface area contributed by atoms with E-state index in [0.29, 0.717) is 34.1 Å². The molecule has 4 rings (SSSR count). The maximum absolute atomic E-state index is 13.5. The van der Waals surface area contributed by atoms with Gasteiger partial charge in [-0.2, -0.15) is 0 Å². The third-order valence-electron chi connectivity index (χ3n) is 6.99. The highest BCUT2D eigenvalue weighted by atomic mass is 35.5. The first kappa shape index (κ1) is 33.3. The fraction of sp³-hybridized carbons (Fsp3) is 0.353.